The highest BCUT2D eigenvalue weighted by molar-refractivity contribution is 5.82. The Hall–Kier alpha value is -1.92. The Morgan fingerprint density at radius 1 is 1.55 bits per heavy atom. The van der Waals surface area contributed by atoms with Crippen molar-refractivity contribution < 1.29 is 9.53 Å². The van der Waals surface area contributed by atoms with Crippen LogP contribution in [0.15, 0.2) is 24.5 Å². The number of ether oxygens (including phenoxy) is 1. The van der Waals surface area contributed by atoms with Crippen LogP contribution >= 0.6 is 0 Å². The average Bonchev–Trinajstić information content (AvgIpc) is 2.98. The Bertz CT molecular complexity index is 646. The predicted molar refractivity (Wildman–Crippen MR) is 84.5 cm³/mol. The van der Waals surface area contributed by atoms with E-state index in [1.807, 2.05) is 11.0 Å². The van der Waals surface area contributed by atoms with Gasteiger partial charge in [-0.3, -0.25) is 4.79 Å². The summed E-state index contributed by atoms with van der Waals surface area (Å²) in [6.07, 6.45) is 5.75. The van der Waals surface area contributed by atoms with E-state index in [0.717, 1.165) is 31.6 Å². The standard InChI is InChI=1S/C16H22N4O2/c1-22-10-14(17)16(21)20-7-4-11(5-8-20)13-9-19-15-12(13)3-2-6-18-15/h2-3,6,9,11,14H,4-5,7-8,10,17H2,1H3,(H,18,19). The monoisotopic (exact) mass is 302 g/mol. The molecule has 0 spiro atoms. The van der Waals surface area contributed by atoms with Gasteiger partial charge < -0.3 is 20.4 Å². The molecule has 1 amide bonds. The molecule has 3 heterocycles. The molecule has 1 fully saturated rings. The number of nitrogens with one attached hydrogen (secondary N) is 1. The number of nitrogens with zero attached hydrogens (tertiary/aromatic N) is 2. The molecule has 0 saturated carbocycles. The third-order valence-electron chi connectivity index (χ3n) is 4.39. The van der Waals surface area contributed by atoms with Crippen LogP contribution in [0.25, 0.3) is 11.0 Å². The minimum atomic E-state index is -0.557. The number of carbonyl (C=O) groups is 1. The zero-order valence-corrected chi connectivity index (χ0v) is 12.8. The molecule has 0 radical (unpaired) electrons. The van der Waals surface area contributed by atoms with E-state index >= 15 is 0 Å². The smallest absolute Gasteiger partial charge is 0.241 e. The molecular formula is C16H22N4O2. The third kappa shape index (κ3) is 2.84. The topological polar surface area (TPSA) is 84.2 Å². The number of pyridine rings is 1. The summed E-state index contributed by atoms with van der Waals surface area (Å²) in [6, 6.07) is 3.50. The van der Waals surface area contributed by atoms with Gasteiger partial charge in [0.15, 0.2) is 0 Å². The molecule has 6 heteroatoms. The van der Waals surface area contributed by atoms with E-state index in [-0.39, 0.29) is 12.5 Å². The molecular weight excluding hydrogens is 280 g/mol. The Kier molecular flexibility index (Phi) is 4.40. The van der Waals surface area contributed by atoms with Crippen LogP contribution in [0, 0.1) is 0 Å². The lowest BCUT2D eigenvalue weighted by atomic mass is 9.89. The highest BCUT2D eigenvalue weighted by atomic mass is 16.5. The van der Waals surface area contributed by atoms with Gasteiger partial charge in [0.2, 0.25) is 5.91 Å². The number of carbonyl (C=O) groups excluding carboxylic acids is 1. The van der Waals surface area contributed by atoms with Gasteiger partial charge in [0, 0.05) is 38.0 Å². The fourth-order valence-electron chi connectivity index (χ4n) is 3.21. The van der Waals surface area contributed by atoms with Crippen molar-refractivity contribution in [1.82, 2.24) is 14.9 Å². The van der Waals surface area contributed by atoms with Crippen LogP contribution in [0.5, 0.6) is 0 Å². The first-order valence-corrected chi connectivity index (χ1v) is 7.66. The Morgan fingerprint density at radius 2 is 2.32 bits per heavy atom. The molecule has 0 aromatic carbocycles. The zero-order valence-electron chi connectivity index (χ0n) is 12.8. The molecule has 6 nitrogen and oxygen atoms in total. The minimum absolute atomic E-state index is 0.0131. The molecule has 0 bridgehead atoms. The fourth-order valence-corrected chi connectivity index (χ4v) is 3.21. The Balaban J connectivity index is 1.66. The normalized spacial score (nSPS) is 17.8. The van der Waals surface area contributed by atoms with Crippen molar-refractivity contribution in [2.45, 2.75) is 24.8 Å². The molecule has 1 atom stereocenters. The summed E-state index contributed by atoms with van der Waals surface area (Å²) in [7, 11) is 1.56. The molecule has 1 unspecified atom stereocenters. The van der Waals surface area contributed by atoms with Crippen molar-refractivity contribution in [2.24, 2.45) is 5.73 Å². The SMILES string of the molecule is COCC(N)C(=O)N1CCC(c2c[nH]c3ncccc23)CC1. The molecule has 3 N–H and O–H groups in total. The van der Waals surface area contributed by atoms with Gasteiger partial charge in [0.05, 0.1) is 6.61 Å². The van der Waals surface area contributed by atoms with Gasteiger partial charge in [0.25, 0.3) is 0 Å². The molecule has 1 aliphatic rings. The largest absolute Gasteiger partial charge is 0.383 e. The quantitative estimate of drug-likeness (QED) is 0.890. The van der Waals surface area contributed by atoms with Gasteiger partial charge in [-0.05, 0) is 36.5 Å². The van der Waals surface area contributed by atoms with Crippen molar-refractivity contribution in [3.05, 3.63) is 30.1 Å². The minimum Gasteiger partial charge on any atom is -0.383 e. The third-order valence-corrected chi connectivity index (χ3v) is 4.39. The highest BCUT2D eigenvalue weighted by Crippen LogP contribution is 2.32. The van der Waals surface area contributed by atoms with Crippen molar-refractivity contribution in [1.29, 1.82) is 0 Å². The summed E-state index contributed by atoms with van der Waals surface area (Å²) >= 11 is 0. The zero-order chi connectivity index (χ0) is 15.5. The van der Waals surface area contributed by atoms with Gasteiger partial charge in [0.1, 0.15) is 11.7 Å². The maximum atomic E-state index is 12.2. The Morgan fingerprint density at radius 3 is 3.05 bits per heavy atom. The van der Waals surface area contributed by atoms with Crippen molar-refractivity contribution >= 4 is 16.9 Å². The van der Waals surface area contributed by atoms with Crippen molar-refractivity contribution in [3.8, 4) is 0 Å². The summed E-state index contributed by atoms with van der Waals surface area (Å²) in [5.41, 5.74) is 8.06. The number of aromatic nitrogens is 2. The van der Waals surface area contributed by atoms with Gasteiger partial charge in [-0.25, -0.2) is 4.98 Å². The number of likely N-dealkylation sites (tertiary alicyclic amines) is 1. The van der Waals surface area contributed by atoms with Crippen LogP contribution in [0.1, 0.15) is 24.3 Å². The lowest BCUT2D eigenvalue weighted by molar-refractivity contribution is -0.134. The second-order valence-electron chi connectivity index (χ2n) is 5.80. The van der Waals surface area contributed by atoms with E-state index < -0.39 is 6.04 Å². The van der Waals surface area contributed by atoms with Crippen LogP contribution in [-0.2, 0) is 9.53 Å². The number of piperidine rings is 1. The number of amides is 1. The maximum Gasteiger partial charge on any atom is 0.241 e. The van der Waals surface area contributed by atoms with E-state index in [2.05, 4.69) is 22.2 Å². The second kappa shape index (κ2) is 6.46. The lowest BCUT2D eigenvalue weighted by Crippen LogP contribution is -2.48. The van der Waals surface area contributed by atoms with E-state index in [1.165, 1.54) is 10.9 Å². The van der Waals surface area contributed by atoms with Crippen LogP contribution in [0.3, 0.4) is 0 Å². The van der Waals surface area contributed by atoms with Crippen LogP contribution in [-0.4, -0.2) is 53.6 Å². The van der Waals surface area contributed by atoms with E-state index in [1.54, 1.807) is 13.3 Å². The summed E-state index contributed by atoms with van der Waals surface area (Å²) in [6.45, 7) is 1.76. The summed E-state index contributed by atoms with van der Waals surface area (Å²) < 4.78 is 4.96. The maximum absolute atomic E-state index is 12.2. The molecule has 1 aliphatic heterocycles. The summed E-state index contributed by atoms with van der Waals surface area (Å²) in [4.78, 5) is 21.6. The summed E-state index contributed by atoms with van der Waals surface area (Å²) in [5.74, 6) is 0.446. The number of H-pyrrole nitrogens is 1. The highest BCUT2D eigenvalue weighted by Gasteiger charge is 2.28. The number of aromatic amines is 1. The number of hydrogen-bond donors (Lipinski definition) is 2. The van der Waals surface area contributed by atoms with Gasteiger partial charge in [-0.15, -0.1) is 0 Å². The first kappa shape index (κ1) is 15.0. The number of methoxy groups -OCH3 is 1. The molecule has 2 aromatic rings. The first-order chi connectivity index (χ1) is 10.7. The van der Waals surface area contributed by atoms with Gasteiger partial charge >= 0.3 is 0 Å². The van der Waals surface area contributed by atoms with Crippen LogP contribution in [0.4, 0.5) is 0 Å². The summed E-state index contributed by atoms with van der Waals surface area (Å²) in [5, 5.41) is 1.18. The van der Waals surface area contributed by atoms with Crippen LogP contribution in [0.2, 0.25) is 0 Å². The van der Waals surface area contributed by atoms with Gasteiger partial charge in [-0.2, -0.15) is 0 Å². The molecule has 2 aromatic heterocycles. The molecule has 118 valence electrons. The van der Waals surface area contributed by atoms with E-state index in [9.17, 15) is 4.79 Å². The molecule has 1 saturated heterocycles. The second-order valence-corrected chi connectivity index (χ2v) is 5.80. The number of fused-ring (bicyclic) bond motifs is 1. The average molecular weight is 302 g/mol. The number of hydrogen-bond acceptors (Lipinski definition) is 4. The number of nitrogens with two attached hydrogens (primary N) is 1. The number of rotatable bonds is 4. The lowest BCUT2D eigenvalue weighted by Gasteiger charge is -2.33. The van der Waals surface area contributed by atoms with E-state index in [4.69, 9.17) is 10.5 Å². The first-order valence-electron chi connectivity index (χ1n) is 7.66. The Labute approximate surface area is 129 Å². The van der Waals surface area contributed by atoms with Crippen molar-refractivity contribution in [2.75, 3.05) is 26.8 Å². The molecule has 0 aliphatic carbocycles. The van der Waals surface area contributed by atoms with Crippen LogP contribution < -0.4 is 5.73 Å². The van der Waals surface area contributed by atoms with Gasteiger partial charge in [-0.1, -0.05) is 0 Å². The molecule has 22 heavy (non-hydrogen) atoms. The van der Waals surface area contributed by atoms with Crippen molar-refractivity contribution in [3.63, 3.8) is 0 Å². The molecule has 3 rings (SSSR count). The van der Waals surface area contributed by atoms with E-state index in [0.29, 0.717) is 5.92 Å². The predicted octanol–water partition coefficient (Wildman–Crippen LogP) is 1.24. The fraction of sp³-hybridized carbons (Fsp3) is 0.500.